The number of hydrogen-bond acceptors (Lipinski definition) is 21. The number of aliphatic imine (C=N–C) groups is 2. The molecule has 28 nitrogen and oxygen atoms in total. The Morgan fingerprint density at radius 2 is 0.750 bits per heavy atom. The zero-order valence-electron chi connectivity index (χ0n) is 52.8. The van der Waals surface area contributed by atoms with Gasteiger partial charge < -0.3 is 109 Å². The second kappa shape index (κ2) is 61.0. The number of nitrogens with two attached hydrogens (primary N) is 10. The zero-order chi connectivity index (χ0) is 64.1. The van der Waals surface area contributed by atoms with Gasteiger partial charge in [-0.25, -0.2) is 0 Å². The van der Waals surface area contributed by atoms with Crippen LogP contribution in [0.5, 0.6) is 23.0 Å². The Balaban J connectivity index is -0.000000289. The summed E-state index contributed by atoms with van der Waals surface area (Å²) < 4.78 is 23.9. The molecule has 0 aromatic heterocycles. The van der Waals surface area contributed by atoms with Gasteiger partial charge in [0.2, 0.25) is 23.6 Å². The number of fused-ring (bicyclic) bond motifs is 1. The van der Waals surface area contributed by atoms with Crippen molar-refractivity contribution < 1.29 is 45.0 Å². The van der Waals surface area contributed by atoms with Crippen LogP contribution in [0.1, 0.15) is 126 Å². The van der Waals surface area contributed by atoms with Gasteiger partial charge in [-0.1, -0.05) is 47.3 Å². The van der Waals surface area contributed by atoms with Crippen LogP contribution in [0.2, 0.25) is 0 Å². The van der Waals surface area contributed by atoms with E-state index in [4.69, 9.17) is 87.1 Å². The van der Waals surface area contributed by atoms with Crippen molar-refractivity contribution >= 4 is 148 Å². The van der Waals surface area contributed by atoms with E-state index in [0.717, 1.165) is 86.8 Å². The molecule has 0 fully saturated rings. The van der Waals surface area contributed by atoms with E-state index in [9.17, 15) is 19.2 Å². The van der Waals surface area contributed by atoms with Gasteiger partial charge >= 0.3 is 0 Å². The molecule has 92 heavy (non-hydrogen) atoms. The number of carbonyl (C=O) groups excluding carboxylic acids is 4. The molecule has 0 aliphatic carbocycles. The van der Waals surface area contributed by atoms with Gasteiger partial charge in [0.05, 0.1) is 62.0 Å². The normalized spacial score (nSPS) is 11.9. The maximum Gasteiger partial charge on any atom is 0.237 e. The van der Waals surface area contributed by atoms with Gasteiger partial charge in [0, 0.05) is 50.4 Å². The third-order valence-corrected chi connectivity index (χ3v) is 15.6. The van der Waals surface area contributed by atoms with Crippen molar-refractivity contribution in [3.05, 3.63) is 46.5 Å². The van der Waals surface area contributed by atoms with E-state index in [-0.39, 0.29) is 154 Å². The summed E-state index contributed by atoms with van der Waals surface area (Å²) in [5.74, 6) is 4.39. The van der Waals surface area contributed by atoms with Crippen molar-refractivity contribution in [3.8, 4) is 35.8 Å². The number of carbonyl (C=O) groups is 4. The lowest BCUT2D eigenvalue weighted by Crippen LogP contribution is -2.42. The van der Waals surface area contributed by atoms with E-state index in [1.165, 1.54) is 11.1 Å². The first kappa shape index (κ1) is 98.2. The third kappa shape index (κ3) is 46.2. The molecular weight excluding hydrogens is 1340 g/mol. The van der Waals surface area contributed by atoms with Crippen molar-refractivity contribution in [2.24, 2.45) is 67.3 Å². The number of ether oxygens (including phenoxy) is 4. The minimum atomic E-state index is -0.636. The molecule has 1 aliphatic rings. The SMILES string of the molecule is C#C.N.N=C(N)CCCCC[C@H](N)C(=O)NCCOc1cc(CS)c(CS)cc1OCCNC(=O)[C@@H](N)CCCCN=C(N)N.N=C(N)CCCCC[C@H](N)C(=O)NCCOc1cc2c(cc1OCCNC(=O)[C@@H](N)CCCCN=C(N)N)CSSC2.O.S.S.S.S.[HH]. The van der Waals surface area contributed by atoms with Crippen LogP contribution < -0.4 is 104 Å². The van der Waals surface area contributed by atoms with Crippen LogP contribution in [0.3, 0.4) is 0 Å². The van der Waals surface area contributed by atoms with Gasteiger partial charge in [-0.15, -0.1) is 12.8 Å². The molecule has 0 saturated heterocycles. The van der Waals surface area contributed by atoms with Crippen LogP contribution in [-0.4, -0.2) is 143 Å². The highest BCUT2D eigenvalue weighted by molar-refractivity contribution is 8.76. The van der Waals surface area contributed by atoms with E-state index in [1.54, 1.807) is 21.6 Å². The predicted octanol–water partition coefficient (Wildman–Crippen LogP) is 1.86. The summed E-state index contributed by atoms with van der Waals surface area (Å²) in [5.41, 5.74) is 60.2. The Hall–Kier alpha value is -4.88. The number of nitrogens with zero attached hydrogens (tertiary/aromatic N) is 2. The van der Waals surface area contributed by atoms with Gasteiger partial charge in [-0.2, -0.15) is 79.2 Å². The Morgan fingerprint density at radius 3 is 1.00 bits per heavy atom. The summed E-state index contributed by atoms with van der Waals surface area (Å²) in [4.78, 5) is 57.1. The fourth-order valence-electron chi connectivity index (χ4n) is 7.98. The lowest BCUT2D eigenvalue weighted by Gasteiger charge is -2.20. The zero-order valence-corrected chi connectivity index (χ0v) is 60.3. The van der Waals surface area contributed by atoms with Crippen molar-refractivity contribution in [1.29, 1.82) is 10.8 Å². The maximum absolute atomic E-state index is 12.3. The lowest BCUT2D eigenvalue weighted by atomic mass is 10.1. The van der Waals surface area contributed by atoms with Gasteiger partial charge in [-0.05, 0) is 111 Å². The number of unbranched alkanes of at least 4 members (excludes halogenated alkanes) is 6. The quantitative estimate of drug-likeness (QED) is 0.0112. The van der Waals surface area contributed by atoms with Crippen LogP contribution in [0.15, 0.2) is 34.3 Å². The molecule has 4 amide bonds. The second-order valence-corrected chi connectivity index (χ2v) is 22.9. The van der Waals surface area contributed by atoms with Crippen LogP contribution in [0.25, 0.3) is 0 Å². The van der Waals surface area contributed by atoms with Crippen molar-refractivity contribution in [1.82, 2.24) is 27.4 Å². The highest BCUT2D eigenvalue weighted by Crippen LogP contribution is 2.42. The molecule has 0 saturated carbocycles. The fourth-order valence-corrected chi connectivity index (χ4v) is 10.8. The van der Waals surface area contributed by atoms with E-state index in [1.807, 2.05) is 24.3 Å². The molecule has 0 unspecified atom stereocenters. The molecule has 4 atom stereocenters. The summed E-state index contributed by atoms with van der Waals surface area (Å²) in [6.07, 6.45) is 19.2. The van der Waals surface area contributed by atoms with Crippen molar-refractivity contribution in [2.75, 3.05) is 65.7 Å². The molecule has 0 radical (unpaired) electrons. The van der Waals surface area contributed by atoms with Gasteiger partial charge in [0.1, 0.15) is 26.4 Å². The van der Waals surface area contributed by atoms with Crippen LogP contribution in [-0.2, 0) is 42.2 Å². The molecule has 36 heteroatoms. The number of terminal acetylenes is 1. The molecule has 0 spiro atoms. The van der Waals surface area contributed by atoms with E-state index < -0.39 is 24.2 Å². The number of benzene rings is 2. The first-order chi connectivity index (χ1) is 41.2. The number of amides is 4. The molecule has 1 heterocycles. The fraction of sp³-hybridized carbons (Fsp3) is 0.607. The smallest absolute Gasteiger partial charge is 0.237 e. The highest BCUT2D eigenvalue weighted by Gasteiger charge is 2.20. The predicted molar refractivity (Wildman–Crippen MR) is 408 cm³/mol. The summed E-state index contributed by atoms with van der Waals surface area (Å²) in [7, 11) is 3.58. The van der Waals surface area contributed by atoms with Crippen LogP contribution in [0.4, 0.5) is 0 Å². The number of amidine groups is 2. The topological polar surface area (TPSA) is 552 Å². The number of hydrogen-bond donors (Lipinski definition) is 19. The summed E-state index contributed by atoms with van der Waals surface area (Å²) in [6.45, 7) is 3.03. The third-order valence-electron chi connectivity index (χ3n) is 12.7. The second-order valence-electron chi connectivity index (χ2n) is 19.8. The van der Waals surface area contributed by atoms with E-state index in [0.29, 0.717) is 99.2 Å². The van der Waals surface area contributed by atoms with E-state index >= 15 is 0 Å². The Morgan fingerprint density at radius 1 is 0.489 bits per heavy atom. The number of rotatable bonds is 44. The lowest BCUT2D eigenvalue weighted by molar-refractivity contribution is -0.123. The van der Waals surface area contributed by atoms with Crippen LogP contribution in [0, 0.1) is 23.7 Å². The van der Waals surface area contributed by atoms with Gasteiger partial charge in [0.25, 0.3) is 0 Å². The Bertz CT molecular complexity index is 2310. The minimum absolute atomic E-state index is 0. The van der Waals surface area contributed by atoms with Gasteiger partial charge in [0.15, 0.2) is 34.9 Å². The highest BCUT2D eigenvalue weighted by atomic mass is 33.1. The first-order valence-corrected chi connectivity index (χ1v) is 32.5. The first-order valence-electron chi connectivity index (χ1n) is 28.8. The van der Waals surface area contributed by atoms with Crippen molar-refractivity contribution in [2.45, 2.75) is 150 Å². The van der Waals surface area contributed by atoms with Crippen molar-refractivity contribution in [3.63, 3.8) is 0 Å². The average Bonchev–Trinajstić information content (AvgIpc) is 0.955. The summed E-state index contributed by atoms with van der Waals surface area (Å²) in [6, 6.07) is 5.22. The summed E-state index contributed by atoms with van der Waals surface area (Å²) in [5, 5.41) is 25.7. The molecule has 31 N–H and O–H groups in total. The Labute approximate surface area is 592 Å². The summed E-state index contributed by atoms with van der Waals surface area (Å²) >= 11 is 8.80. The molecule has 534 valence electrons. The maximum atomic E-state index is 12.3. The molecule has 2 aromatic rings. The standard InChI is InChI=1S/C27H47N9O4S2.C27H49N9O4S2.C2H2.H3N.H2O.4H2S.H2/c28-20(6-2-1-3-8-24(30)31)25(37)34-10-12-39-22-14-18-16-41-42-17-19(18)15-23(22)40-13-11-35-26(38)21(29)7-4-5-9-36-27(32)33;28-20(6-2-1-3-8-24(30)31)25(37)34-10-12-39-22-14-18(16-41)19(17-42)15-23(22)40-13-11-35-26(38)21(29)7-4-5-9-36-27(32)33;1-2;;;;;;;/h14-15,20-21H,1-13,16-17,28-29H2,(H3,30,31)(H,34,37)(H,35,38)(H4,32,33,36);14-15,20-21,41-42H,1-13,16-17,28-29H2,(H3,30,31)(H,34,37)(H,35,38)(H4,32,33,36);1-2H;1H3;5*1H2;1H/t2*20-,21-;;;;;;;;/m00......../s1. The van der Waals surface area contributed by atoms with Crippen LogP contribution >= 0.6 is 101 Å². The Kier molecular flexibility index (Phi) is 65.1. The van der Waals surface area contributed by atoms with Gasteiger partial charge in [-0.3, -0.25) is 40.0 Å². The van der Waals surface area contributed by atoms with E-state index in [2.05, 4.69) is 69.4 Å². The number of nitrogens with one attached hydrogen (secondary N) is 6. The molecular formula is C56H113N19O9S8. The molecule has 1 aliphatic heterocycles. The largest absolute Gasteiger partial charge is 0.488 e. The molecule has 0 bridgehead atoms. The average molecular weight is 1450 g/mol. The number of thiol groups is 2. The minimum Gasteiger partial charge on any atom is -0.488 e. The molecule has 3 rings (SSSR count). The number of guanidine groups is 2. The monoisotopic (exact) mass is 1450 g/mol. The molecule has 2 aromatic carbocycles.